The molecule has 3 fully saturated rings. The van der Waals surface area contributed by atoms with E-state index in [1.807, 2.05) is 29.2 Å². The number of nitrogens with zero attached hydrogens (tertiary/aromatic N) is 1. The monoisotopic (exact) mass is 360 g/mol. The molecule has 25 heavy (non-hydrogen) atoms. The highest BCUT2D eigenvalue weighted by Crippen LogP contribution is 2.51. The minimum absolute atomic E-state index is 0.0176. The van der Waals surface area contributed by atoms with Gasteiger partial charge in [-0.05, 0) is 43.2 Å². The Morgan fingerprint density at radius 3 is 2.64 bits per heavy atom. The van der Waals surface area contributed by atoms with E-state index in [0.717, 1.165) is 31.5 Å². The van der Waals surface area contributed by atoms with Gasteiger partial charge in [-0.2, -0.15) is 0 Å². The van der Waals surface area contributed by atoms with E-state index in [1.165, 1.54) is 19.3 Å². The number of halogens is 1. The number of rotatable bonds is 5. The molecule has 134 valence electrons. The number of hydrogen-bond donors (Lipinski definition) is 1. The van der Waals surface area contributed by atoms with Crippen LogP contribution in [0.4, 0.5) is 0 Å². The Labute approximate surface area is 153 Å². The van der Waals surface area contributed by atoms with Gasteiger partial charge >= 0.3 is 0 Å². The Morgan fingerprint density at radius 2 is 2.00 bits per heavy atom. The fourth-order valence-corrected chi connectivity index (χ4v) is 4.47. The molecule has 1 N–H and O–H groups in total. The molecular weight excluding hydrogens is 336 g/mol. The largest absolute Gasteiger partial charge is 0.356 e. The summed E-state index contributed by atoms with van der Waals surface area (Å²) in [6, 6.07) is 7.49. The third-order valence-corrected chi connectivity index (χ3v) is 6.60. The third-order valence-electron chi connectivity index (χ3n) is 6.23. The number of benzene rings is 1. The second-order valence-electron chi connectivity index (χ2n) is 8.00. The number of hydrogen-bond acceptors (Lipinski definition) is 2. The van der Waals surface area contributed by atoms with Crippen molar-refractivity contribution >= 4 is 23.4 Å². The van der Waals surface area contributed by atoms with Crippen LogP contribution in [0, 0.1) is 17.3 Å². The number of likely N-dealkylation sites (tertiary alicyclic amines) is 1. The zero-order valence-electron chi connectivity index (χ0n) is 14.5. The van der Waals surface area contributed by atoms with Crippen molar-refractivity contribution in [3.8, 4) is 0 Å². The highest BCUT2D eigenvalue weighted by atomic mass is 35.5. The first-order valence-corrected chi connectivity index (χ1v) is 9.74. The predicted molar refractivity (Wildman–Crippen MR) is 97.2 cm³/mol. The number of amides is 2. The molecule has 2 saturated carbocycles. The maximum atomic E-state index is 12.8. The van der Waals surface area contributed by atoms with Crippen LogP contribution in [0.3, 0.4) is 0 Å². The van der Waals surface area contributed by atoms with Crippen molar-refractivity contribution in [2.75, 3.05) is 19.6 Å². The van der Waals surface area contributed by atoms with Crippen molar-refractivity contribution in [3.05, 3.63) is 34.9 Å². The number of carbonyl (C=O) groups excluding carboxylic acids is 2. The zero-order valence-corrected chi connectivity index (χ0v) is 15.2. The molecule has 1 aliphatic heterocycles. The number of nitrogens with one attached hydrogen (secondary N) is 1. The van der Waals surface area contributed by atoms with Gasteiger partial charge in [0.05, 0.1) is 12.3 Å². The molecule has 1 heterocycles. The molecular formula is C20H25ClN2O2. The summed E-state index contributed by atoms with van der Waals surface area (Å²) in [7, 11) is 0. The van der Waals surface area contributed by atoms with Crippen molar-refractivity contribution in [1.29, 1.82) is 0 Å². The Kier molecular flexibility index (Phi) is 4.48. The molecule has 1 aromatic rings. The van der Waals surface area contributed by atoms with Gasteiger partial charge in [0.15, 0.2) is 0 Å². The van der Waals surface area contributed by atoms with Crippen molar-refractivity contribution in [2.24, 2.45) is 17.3 Å². The minimum Gasteiger partial charge on any atom is -0.356 e. The van der Waals surface area contributed by atoms with E-state index >= 15 is 0 Å². The predicted octanol–water partition coefficient (Wildman–Crippen LogP) is 3.04. The van der Waals surface area contributed by atoms with E-state index in [0.29, 0.717) is 23.9 Å². The zero-order chi connectivity index (χ0) is 17.4. The molecule has 1 unspecified atom stereocenters. The summed E-state index contributed by atoms with van der Waals surface area (Å²) in [5.41, 5.74) is 0.877. The van der Waals surface area contributed by atoms with Gasteiger partial charge in [0.2, 0.25) is 11.8 Å². The molecule has 4 rings (SSSR count). The maximum Gasteiger partial charge on any atom is 0.227 e. The molecule has 2 amide bonds. The lowest BCUT2D eigenvalue weighted by Gasteiger charge is -2.41. The van der Waals surface area contributed by atoms with E-state index in [4.69, 9.17) is 11.6 Å². The van der Waals surface area contributed by atoms with E-state index in [1.54, 1.807) is 0 Å². The van der Waals surface area contributed by atoms with E-state index in [2.05, 4.69) is 5.32 Å². The Bertz CT molecular complexity index is 682. The summed E-state index contributed by atoms with van der Waals surface area (Å²) in [5.74, 6) is 0.868. The fourth-order valence-electron chi connectivity index (χ4n) is 4.26. The molecule has 1 saturated heterocycles. The topological polar surface area (TPSA) is 49.4 Å². The molecule has 0 aromatic heterocycles. The molecule has 1 atom stereocenters. The molecule has 3 aliphatic rings. The third kappa shape index (κ3) is 3.41. The van der Waals surface area contributed by atoms with Crippen LogP contribution in [0.2, 0.25) is 5.02 Å². The number of carbonyl (C=O) groups is 2. The molecule has 2 aliphatic carbocycles. The van der Waals surface area contributed by atoms with Crippen LogP contribution in [-0.4, -0.2) is 36.3 Å². The van der Waals surface area contributed by atoms with Gasteiger partial charge in [0.25, 0.3) is 0 Å². The lowest BCUT2D eigenvalue weighted by Crippen LogP contribution is -2.45. The van der Waals surface area contributed by atoms with E-state index in [9.17, 15) is 9.59 Å². The normalized spacial score (nSPS) is 24.2. The maximum absolute atomic E-state index is 12.8. The average Bonchev–Trinajstić information content (AvgIpc) is 3.30. The molecule has 5 heteroatoms. The van der Waals surface area contributed by atoms with E-state index in [-0.39, 0.29) is 23.1 Å². The highest BCUT2D eigenvalue weighted by molar-refractivity contribution is 6.31. The van der Waals surface area contributed by atoms with Crippen molar-refractivity contribution in [2.45, 2.75) is 38.5 Å². The Hall–Kier alpha value is -1.55. The highest BCUT2D eigenvalue weighted by Gasteiger charge is 2.54. The summed E-state index contributed by atoms with van der Waals surface area (Å²) in [4.78, 5) is 27.4. The second-order valence-corrected chi connectivity index (χ2v) is 8.41. The van der Waals surface area contributed by atoms with E-state index < -0.39 is 0 Å². The van der Waals surface area contributed by atoms with Crippen molar-refractivity contribution < 1.29 is 9.59 Å². The van der Waals surface area contributed by atoms with Gasteiger partial charge in [-0.3, -0.25) is 9.59 Å². The van der Waals surface area contributed by atoms with Crippen LogP contribution in [0.15, 0.2) is 24.3 Å². The van der Waals surface area contributed by atoms with Crippen LogP contribution in [0.5, 0.6) is 0 Å². The van der Waals surface area contributed by atoms with Crippen LogP contribution in [0.25, 0.3) is 0 Å². The van der Waals surface area contributed by atoms with Crippen molar-refractivity contribution in [1.82, 2.24) is 10.2 Å². The molecule has 0 radical (unpaired) electrons. The summed E-state index contributed by atoms with van der Waals surface area (Å²) in [6.07, 6.45) is 6.07. The first-order chi connectivity index (χ1) is 12.1. The standard InChI is InChI=1S/C20H25ClN2O2/c21-17-5-2-1-4-15(17)10-18(24)23-12-16(20(13-23)8-3-9-20)19(25)22-11-14-6-7-14/h1-2,4-5,14,16H,3,6-13H2,(H,22,25). The molecule has 0 bridgehead atoms. The second kappa shape index (κ2) is 6.64. The van der Waals surface area contributed by atoms with Gasteiger partial charge in [-0.1, -0.05) is 36.2 Å². The van der Waals surface area contributed by atoms with Crippen LogP contribution in [-0.2, 0) is 16.0 Å². The van der Waals surface area contributed by atoms with Crippen LogP contribution >= 0.6 is 11.6 Å². The first kappa shape index (κ1) is 16.9. The lowest BCUT2D eigenvalue weighted by molar-refractivity contribution is -0.130. The fraction of sp³-hybridized carbons (Fsp3) is 0.600. The summed E-state index contributed by atoms with van der Waals surface area (Å²) in [5, 5.41) is 3.76. The first-order valence-electron chi connectivity index (χ1n) is 9.36. The van der Waals surface area contributed by atoms with Gasteiger partial charge < -0.3 is 10.2 Å². The molecule has 4 nitrogen and oxygen atoms in total. The van der Waals surface area contributed by atoms with Crippen LogP contribution < -0.4 is 5.32 Å². The summed E-state index contributed by atoms with van der Waals surface area (Å²) in [6.45, 7) is 2.08. The van der Waals surface area contributed by atoms with Gasteiger partial charge in [0.1, 0.15) is 0 Å². The summed E-state index contributed by atoms with van der Waals surface area (Å²) < 4.78 is 0. The van der Waals surface area contributed by atoms with Gasteiger partial charge in [-0.15, -0.1) is 0 Å². The quantitative estimate of drug-likeness (QED) is 0.877. The lowest BCUT2D eigenvalue weighted by atomic mass is 9.62. The Balaban J connectivity index is 1.42. The smallest absolute Gasteiger partial charge is 0.227 e. The molecule has 1 spiro atoms. The Morgan fingerprint density at radius 1 is 1.24 bits per heavy atom. The SMILES string of the molecule is O=C(NCC1CC1)C1CN(C(=O)Cc2ccccc2Cl)CC12CCC2. The van der Waals surface area contributed by atoms with Gasteiger partial charge in [-0.25, -0.2) is 0 Å². The average molecular weight is 361 g/mol. The summed E-state index contributed by atoms with van der Waals surface area (Å²) >= 11 is 6.19. The molecule has 1 aromatic carbocycles. The minimum atomic E-state index is -0.0461. The van der Waals surface area contributed by atoms with Gasteiger partial charge in [0, 0.05) is 30.1 Å². The van der Waals surface area contributed by atoms with Crippen LogP contribution in [0.1, 0.15) is 37.7 Å². The van der Waals surface area contributed by atoms with Crippen molar-refractivity contribution in [3.63, 3.8) is 0 Å².